The van der Waals surface area contributed by atoms with E-state index in [1.54, 1.807) is 0 Å². The summed E-state index contributed by atoms with van der Waals surface area (Å²) in [6.45, 7) is -1.60. The van der Waals surface area contributed by atoms with Gasteiger partial charge in [0.2, 0.25) is 0 Å². The monoisotopic (exact) mass is 306 g/mol. The molecule has 114 valence electrons. The maximum Gasteiger partial charge on any atom is 0.402 e. The highest BCUT2D eigenvalue weighted by Gasteiger charge is 2.29. The van der Waals surface area contributed by atoms with Gasteiger partial charge in [0.05, 0.1) is 7.11 Å². The molecule has 0 unspecified atom stereocenters. The second kappa shape index (κ2) is 8.33. The van der Waals surface area contributed by atoms with E-state index >= 15 is 0 Å². The summed E-state index contributed by atoms with van der Waals surface area (Å²) in [7, 11) is -2.87. The Hall–Kier alpha value is -0.870. The van der Waals surface area contributed by atoms with Gasteiger partial charge in [0, 0.05) is 13.0 Å². The predicted molar refractivity (Wildman–Crippen MR) is 61.5 cm³/mol. The maximum atomic E-state index is 11.8. The van der Waals surface area contributed by atoms with Gasteiger partial charge in [0.15, 0.2) is 0 Å². The summed E-state index contributed by atoms with van der Waals surface area (Å²) in [6, 6.07) is 0. The molecule has 0 spiro atoms. The Morgan fingerprint density at radius 2 is 1.79 bits per heavy atom. The van der Waals surface area contributed by atoms with E-state index in [4.69, 9.17) is 0 Å². The zero-order valence-corrected chi connectivity index (χ0v) is 11.2. The van der Waals surface area contributed by atoms with E-state index in [-0.39, 0.29) is 18.9 Å². The third-order valence-corrected chi connectivity index (χ3v) is 3.15. The molecule has 0 radical (unpaired) electrons. The zero-order valence-electron chi connectivity index (χ0n) is 10.4. The number of carbonyl (C=O) groups excluding carboxylic acids is 1. The molecule has 0 saturated heterocycles. The lowest BCUT2D eigenvalue weighted by atomic mass is 10.2. The van der Waals surface area contributed by atoms with Crippen molar-refractivity contribution in [3.05, 3.63) is 0 Å². The summed E-state index contributed by atoms with van der Waals surface area (Å²) >= 11 is 0. The van der Waals surface area contributed by atoms with Gasteiger partial charge in [0.1, 0.15) is 6.54 Å². The normalized spacial score (nSPS) is 12.4. The first-order valence-electron chi connectivity index (χ1n) is 5.54. The van der Waals surface area contributed by atoms with Crippen LogP contribution in [0.25, 0.3) is 0 Å². The van der Waals surface area contributed by atoms with Crippen molar-refractivity contribution in [2.45, 2.75) is 31.9 Å². The standard InChI is InChI=1S/C9H17F3N2O4S/c1-18-8(15)5-3-2-4-6-13-19(16,17)14-7-9(10,11)12/h13-14H,2-7H2,1H3. The Morgan fingerprint density at radius 1 is 1.16 bits per heavy atom. The van der Waals surface area contributed by atoms with Crippen LogP contribution >= 0.6 is 0 Å². The van der Waals surface area contributed by atoms with Crippen LogP contribution in [0.4, 0.5) is 13.2 Å². The number of halogens is 3. The van der Waals surface area contributed by atoms with Crippen molar-refractivity contribution in [2.24, 2.45) is 0 Å². The Balaban J connectivity index is 3.67. The summed E-state index contributed by atoms with van der Waals surface area (Å²) in [4.78, 5) is 10.7. The van der Waals surface area contributed by atoms with E-state index in [1.807, 2.05) is 4.72 Å². The number of unbranched alkanes of at least 4 members (excludes halogenated alkanes) is 2. The van der Waals surface area contributed by atoms with Crippen molar-refractivity contribution in [3.63, 3.8) is 0 Å². The number of methoxy groups -OCH3 is 1. The lowest BCUT2D eigenvalue weighted by Gasteiger charge is -2.10. The molecule has 10 heteroatoms. The van der Waals surface area contributed by atoms with Crippen molar-refractivity contribution in [1.82, 2.24) is 9.44 Å². The minimum absolute atomic E-state index is 0.00830. The largest absolute Gasteiger partial charge is 0.469 e. The van der Waals surface area contributed by atoms with Crippen molar-refractivity contribution in [1.29, 1.82) is 0 Å². The van der Waals surface area contributed by atoms with E-state index in [0.717, 1.165) is 0 Å². The molecule has 6 nitrogen and oxygen atoms in total. The second-order valence-corrected chi connectivity index (χ2v) is 5.31. The van der Waals surface area contributed by atoms with Crippen molar-refractivity contribution >= 4 is 16.2 Å². The first-order chi connectivity index (χ1) is 8.66. The molecule has 0 aromatic rings. The third-order valence-electron chi connectivity index (χ3n) is 2.04. The molecule has 0 aliphatic carbocycles. The Bertz CT molecular complexity index is 370. The molecular formula is C9H17F3N2O4S. The number of alkyl halides is 3. The molecule has 0 aromatic heterocycles. The highest BCUT2D eigenvalue weighted by molar-refractivity contribution is 7.87. The van der Waals surface area contributed by atoms with Gasteiger partial charge in [-0.3, -0.25) is 4.79 Å². The Kier molecular flexibility index (Phi) is 7.95. The van der Waals surface area contributed by atoms with Crippen LogP contribution in [0, 0.1) is 0 Å². The number of hydrogen-bond acceptors (Lipinski definition) is 4. The molecule has 0 amide bonds. The van der Waals surface area contributed by atoms with Gasteiger partial charge in [-0.2, -0.15) is 26.3 Å². The van der Waals surface area contributed by atoms with Crippen LogP contribution in [0.1, 0.15) is 25.7 Å². The Labute approximate surface area is 109 Å². The molecule has 0 saturated carbocycles. The second-order valence-electron chi connectivity index (χ2n) is 3.72. The van der Waals surface area contributed by atoms with E-state index in [2.05, 4.69) is 4.74 Å². The molecule has 0 aliphatic rings. The molecule has 0 bridgehead atoms. The molecule has 2 N–H and O–H groups in total. The minimum Gasteiger partial charge on any atom is -0.469 e. The summed E-state index contributed by atoms with van der Waals surface area (Å²) in [6.07, 6.45) is -2.84. The minimum atomic E-state index is -4.59. The van der Waals surface area contributed by atoms with Crippen LogP contribution in [0.15, 0.2) is 0 Å². The van der Waals surface area contributed by atoms with Crippen molar-refractivity contribution < 1.29 is 31.1 Å². The summed E-state index contributed by atoms with van der Waals surface area (Å²) in [5, 5.41) is 0. The smallest absolute Gasteiger partial charge is 0.402 e. The molecule has 0 heterocycles. The number of esters is 1. The molecule has 0 atom stereocenters. The summed E-state index contributed by atoms with van der Waals surface area (Å²) < 4.78 is 65.3. The first kappa shape index (κ1) is 18.1. The molecule has 0 aromatic carbocycles. The SMILES string of the molecule is COC(=O)CCCCCNS(=O)(=O)NCC(F)(F)F. The quantitative estimate of drug-likeness (QED) is 0.485. The predicted octanol–water partition coefficient (Wildman–Crippen LogP) is 0.706. The zero-order chi connectivity index (χ0) is 14.9. The van der Waals surface area contributed by atoms with Crippen LogP contribution in [0.2, 0.25) is 0 Å². The number of hydrogen-bond donors (Lipinski definition) is 2. The van der Waals surface area contributed by atoms with E-state index in [9.17, 15) is 26.4 Å². The average molecular weight is 306 g/mol. The number of ether oxygens (including phenoxy) is 1. The highest BCUT2D eigenvalue weighted by Crippen LogP contribution is 2.12. The van der Waals surface area contributed by atoms with Crippen molar-refractivity contribution in [3.8, 4) is 0 Å². The summed E-state index contributed by atoms with van der Waals surface area (Å²) in [5.74, 6) is -0.354. The molecule has 0 fully saturated rings. The molecular weight excluding hydrogens is 289 g/mol. The van der Waals surface area contributed by atoms with Crippen LogP contribution in [0.3, 0.4) is 0 Å². The van der Waals surface area contributed by atoms with Gasteiger partial charge in [-0.05, 0) is 12.8 Å². The lowest BCUT2D eigenvalue weighted by molar-refractivity contribution is -0.140. The highest BCUT2D eigenvalue weighted by atomic mass is 32.2. The van der Waals surface area contributed by atoms with Gasteiger partial charge in [0.25, 0.3) is 10.2 Å². The topological polar surface area (TPSA) is 84.5 Å². The van der Waals surface area contributed by atoms with E-state index < -0.39 is 22.9 Å². The van der Waals surface area contributed by atoms with Gasteiger partial charge >= 0.3 is 12.1 Å². The molecule has 0 aliphatic heterocycles. The van der Waals surface area contributed by atoms with E-state index in [0.29, 0.717) is 19.3 Å². The van der Waals surface area contributed by atoms with Crippen LogP contribution < -0.4 is 9.44 Å². The fourth-order valence-corrected chi connectivity index (χ4v) is 1.98. The van der Waals surface area contributed by atoms with Gasteiger partial charge in [-0.15, -0.1) is 0 Å². The number of rotatable bonds is 9. The van der Waals surface area contributed by atoms with E-state index in [1.165, 1.54) is 11.8 Å². The van der Waals surface area contributed by atoms with Crippen LogP contribution in [-0.2, 0) is 19.7 Å². The van der Waals surface area contributed by atoms with Crippen LogP contribution in [0.5, 0.6) is 0 Å². The number of carbonyl (C=O) groups is 1. The fraction of sp³-hybridized carbons (Fsp3) is 0.889. The lowest BCUT2D eigenvalue weighted by Crippen LogP contribution is -2.41. The van der Waals surface area contributed by atoms with Gasteiger partial charge in [-0.1, -0.05) is 6.42 Å². The average Bonchev–Trinajstić information content (AvgIpc) is 2.30. The van der Waals surface area contributed by atoms with Crippen LogP contribution in [-0.4, -0.2) is 40.8 Å². The third kappa shape index (κ3) is 11.9. The Morgan fingerprint density at radius 3 is 2.32 bits per heavy atom. The van der Waals surface area contributed by atoms with Crippen molar-refractivity contribution in [2.75, 3.05) is 20.2 Å². The van der Waals surface area contributed by atoms with Gasteiger partial charge in [-0.25, -0.2) is 4.72 Å². The maximum absolute atomic E-state index is 11.8. The van der Waals surface area contributed by atoms with Gasteiger partial charge < -0.3 is 4.74 Å². The number of nitrogens with one attached hydrogen (secondary N) is 2. The molecule has 19 heavy (non-hydrogen) atoms. The fourth-order valence-electron chi connectivity index (χ4n) is 1.11. The molecule has 0 rings (SSSR count). The summed E-state index contributed by atoms with van der Waals surface area (Å²) in [5.41, 5.74) is 0. The first-order valence-corrected chi connectivity index (χ1v) is 7.02.